The first-order valence-corrected chi connectivity index (χ1v) is 15.6. The average molecular weight is 541 g/mol. The molecule has 38 heavy (non-hydrogen) atoms. The molecule has 4 rings (SSSR count). The summed E-state index contributed by atoms with van der Waals surface area (Å²) in [6, 6.07) is 18.2. The zero-order valence-corrected chi connectivity index (χ0v) is 23.7. The van der Waals surface area contributed by atoms with E-state index >= 15 is 0 Å². The highest BCUT2D eigenvalue weighted by Crippen LogP contribution is 2.40. The van der Waals surface area contributed by atoms with Crippen LogP contribution >= 0.6 is 0 Å². The number of fused-ring (bicyclic) bond motifs is 1. The number of hydrogen-bond donors (Lipinski definition) is 0. The second-order valence-electron chi connectivity index (χ2n) is 10.9. The summed E-state index contributed by atoms with van der Waals surface area (Å²) in [7, 11) is -0.883. The van der Waals surface area contributed by atoms with Crippen LogP contribution in [0.15, 0.2) is 72.5 Å². The quantitative estimate of drug-likeness (QED) is 0.351. The Morgan fingerprint density at radius 3 is 2.13 bits per heavy atom. The van der Waals surface area contributed by atoms with E-state index in [9.17, 15) is 9.59 Å². The number of ether oxygens (including phenoxy) is 5. The molecule has 0 spiro atoms. The molecule has 2 aliphatic rings. The number of carbonyl (C=O) groups excluding carboxylic acids is 2. The fourth-order valence-electron chi connectivity index (χ4n) is 4.03. The van der Waals surface area contributed by atoms with Crippen molar-refractivity contribution in [3.63, 3.8) is 0 Å². The largest absolute Gasteiger partial charge is 0.478 e. The maximum absolute atomic E-state index is 13.0. The van der Waals surface area contributed by atoms with E-state index in [0.29, 0.717) is 5.56 Å². The minimum Gasteiger partial charge on any atom is -0.478 e. The Morgan fingerprint density at radius 2 is 1.53 bits per heavy atom. The normalized spacial score (nSPS) is 25.4. The van der Waals surface area contributed by atoms with Crippen molar-refractivity contribution < 1.29 is 37.7 Å². The Labute approximate surface area is 224 Å². The summed E-state index contributed by atoms with van der Waals surface area (Å²) in [6.45, 7) is 11.0. The molecule has 1 fully saturated rings. The van der Waals surface area contributed by atoms with Crippen LogP contribution in [0.25, 0.3) is 0 Å². The molecule has 2 aliphatic heterocycles. The molecule has 204 valence electrons. The van der Waals surface area contributed by atoms with E-state index in [1.54, 1.807) is 24.3 Å². The first kappa shape index (κ1) is 28.0. The predicted molar refractivity (Wildman–Crippen MR) is 143 cm³/mol. The maximum atomic E-state index is 13.0. The van der Waals surface area contributed by atoms with Gasteiger partial charge in [0.25, 0.3) is 0 Å². The Balaban J connectivity index is 1.68. The molecule has 2 aromatic carbocycles. The van der Waals surface area contributed by atoms with Crippen LogP contribution in [0.3, 0.4) is 0 Å². The Morgan fingerprint density at radius 1 is 0.895 bits per heavy atom. The molecular weight excluding hydrogens is 504 g/mol. The highest BCUT2D eigenvalue weighted by atomic mass is 28.4. The highest BCUT2D eigenvalue weighted by Gasteiger charge is 2.51. The zero-order valence-electron chi connectivity index (χ0n) is 22.7. The van der Waals surface area contributed by atoms with Crippen LogP contribution in [-0.2, 0) is 32.9 Å². The molecule has 0 aromatic heterocycles. The van der Waals surface area contributed by atoms with Crippen molar-refractivity contribution >= 4 is 20.3 Å². The molecule has 1 saturated heterocycles. The summed E-state index contributed by atoms with van der Waals surface area (Å²) in [5.41, 5.74) is 1.19. The summed E-state index contributed by atoms with van der Waals surface area (Å²) < 4.78 is 36.1. The van der Waals surface area contributed by atoms with Crippen LogP contribution < -0.4 is 0 Å². The molecular formula is C29H36O8Si. The molecule has 0 N–H and O–H groups in total. The van der Waals surface area contributed by atoms with Gasteiger partial charge >= 0.3 is 11.9 Å². The fourth-order valence-corrected chi connectivity index (χ4v) is 5.04. The van der Waals surface area contributed by atoms with Gasteiger partial charge < -0.3 is 28.1 Å². The van der Waals surface area contributed by atoms with Crippen LogP contribution in [0.5, 0.6) is 0 Å². The predicted octanol–water partition coefficient (Wildman–Crippen LogP) is 5.17. The van der Waals surface area contributed by atoms with Crippen molar-refractivity contribution in [3.05, 3.63) is 83.6 Å². The summed E-state index contributed by atoms with van der Waals surface area (Å²) >= 11 is 0. The average Bonchev–Trinajstić information content (AvgIpc) is 2.91. The van der Waals surface area contributed by atoms with Gasteiger partial charge in [-0.3, -0.25) is 0 Å². The van der Waals surface area contributed by atoms with Gasteiger partial charge in [-0.05, 0) is 30.3 Å². The molecule has 0 amide bonds. The summed E-state index contributed by atoms with van der Waals surface area (Å²) in [5, 5.41) is -0.0192. The van der Waals surface area contributed by atoms with Gasteiger partial charge in [0, 0.05) is 11.6 Å². The van der Waals surface area contributed by atoms with Crippen molar-refractivity contribution in [1.29, 1.82) is 0 Å². The number of esters is 2. The van der Waals surface area contributed by atoms with E-state index in [1.807, 2.05) is 36.4 Å². The number of benzene rings is 2. The van der Waals surface area contributed by atoms with Crippen molar-refractivity contribution in [2.75, 3.05) is 13.7 Å². The van der Waals surface area contributed by atoms with Crippen LogP contribution in [0.4, 0.5) is 0 Å². The van der Waals surface area contributed by atoms with Gasteiger partial charge in [0.2, 0.25) is 5.76 Å². The van der Waals surface area contributed by atoms with E-state index in [2.05, 4.69) is 33.9 Å². The van der Waals surface area contributed by atoms with Crippen LogP contribution in [0, 0.1) is 0 Å². The molecule has 2 unspecified atom stereocenters. The van der Waals surface area contributed by atoms with Gasteiger partial charge in [-0.15, -0.1) is 0 Å². The molecule has 0 bridgehead atoms. The molecule has 9 heteroatoms. The van der Waals surface area contributed by atoms with Crippen LogP contribution in [-0.4, -0.2) is 58.4 Å². The molecule has 0 saturated carbocycles. The van der Waals surface area contributed by atoms with Crippen LogP contribution in [0.1, 0.15) is 43.0 Å². The molecule has 2 aromatic rings. The summed E-state index contributed by atoms with van der Waals surface area (Å²) in [6.07, 6.45) is -2.40. The Bertz CT molecular complexity index is 1140. The van der Waals surface area contributed by atoms with Gasteiger partial charge in [-0.25, -0.2) is 9.59 Å². The van der Waals surface area contributed by atoms with E-state index in [0.717, 1.165) is 5.56 Å². The van der Waals surface area contributed by atoms with Gasteiger partial charge in [-0.1, -0.05) is 69.3 Å². The number of methoxy groups -OCH3 is 1. The lowest BCUT2D eigenvalue weighted by Crippen LogP contribution is -2.58. The minimum absolute atomic E-state index is 0.0192. The third-order valence-corrected chi connectivity index (χ3v) is 11.8. The Kier molecular flexibility index (Phi) is 8.42. The lowest BCUT2D eigenvalue weighted by Gasteiger charge is -2.46. The first-order chi connectivity index (χ1) is 18.0. The standard InChI is InChI=1S/C29H36O8Si/c1-29(2,3)38(5,6)33-18-23-25-24(37-28(36-23)20-15-11-8-12-16-20)21(17-22(34-25)27(31)32-4)35-26(30)19-13-9-7-10-14-19/h7-17,21,23-25,28H,18H2,1-6H3/t21-,23?,24-,25-,28?/m1/s1. The molecule has 0 aliphatic carbocycles. The van der Waals surface area contributed by atoms with E-state index in [-0.39, 0.29) is 17.4 Å². The fraction of sp³-hybridized carbons (Fsp3) is 0.448. The van der Waals surface area contributed by atoms with Crippen molar-refractivity contribution in [2.45, 2.75) is 69.6 Å². The molecule has 5 atom stereocenters. The monoisotopic (exact) mass is 540 g/mol. The van der Waals surface area contributed by atoms with E-state index < -0.39 is 51.0 Å². The SMILES string of the molecule is COC(=O)C1=C[C@@H](OC(=O)c2ccccc2)[C@H]2OC(c3ccccc3)OC(CO[Si](C)(C)C(C)(C)C)[C@H]2O1. The third-order valence-electron chi connectivity index (χ3n) is 7.30. The molecule has 0 radical (unpaired) electrons. The lowest BCUT2D eigenvalue weighted by molar-refractivity contribution is -0.311. The van der Waals surface area contributed by atoms with Gasteiger partial charge in [0.15, 0.2) is 26.8 Å². The van der Waals surface area contributed by atoms with E-state index in [1.165, 1.54) is 13.2 Å². The first-order valence-electron chi connectivity index (χ1n) is 12.7. The van der Waals surface area contributed by atoms with Gasteiger partial charge in [-0.2, -0.15) is 0 Å². The van der Waals surface area contributed by atoms with Crippen molar-refractivity contribution in [3.8, 4) is 0 Å². The maximum Gasteiger partial charge on any atom is 0.373 e. The Hall–Kier alpha value is -2.98. The molecule has 8 nitrogen and oxygen atoms in total. The number of hydrogen-bond acceptors (Lipinski definition) is 8. The lowest BCUT2D eigenvalue weighted by atomic mass is 9.97. The zero-order chi connectivity index (χ0) is 27.5. The topological polar surface area (TPSA) is 89.5 Å². The summed E-state index contributed by atoms with van der Waals surface area (Å²) in [5.74, 6) is -1.29. The third kappa shape index (κ3) is 6.18. The number of carbonyl (C=O) groups is 2. The highest BCUT2D eigenvalue weighted by molar-refractivity contribution is 6.74. The van der Waals surface area contributed by atoms with Crippen molar-refractivity contribution in [1.82, 2.24) is 0 Å². The summed E-state index contributed by atoms with van der Waals surface area (Å²) in [4.78, 5) is 25.5. The van der Waals surface area contributed by atoms with E-state index in [4.69, 9.17) is 28.1 Å². The smallest absolute Gasteiger partial charge is 0.373 e. The second-order valence-corrected chi connectivity index (χ2v) is 15.7. The second kappa shape index (κ2) is 11.4. The van der Waals surface area contributed by atoms with Crippen molar-refractivity contribution in [2.24, 2.45) is 0 Å². The van der Waals surface area contributed by atoms with Crippen LogP contribution in [0.2, 0.25) is 18.1 Å². The number of rotatable bonds is 7. The molecule has 2 heterocycles. The van der Waals surface area contributed by atoms with Gasteiger partial charge in [0.1, 0.15) is 12.2 Å². The van der Waals surface area contributed by atoms with Gasteiger partial charge in [0.05, 0.1) is 19.3 Å². The minimum atomic E-state index is -2.15.